The molecule has 24 heavy (non-hydrogen) atoms. The maximum Gasteiger partial charge on any atom is 0.410 e. The minimum Gasteiger partial charge on any atom is -0.444 e. The zero-order valence-corrected chi connectivity index (χ0v) is 15.3. The lowest BCUT2D eigenvalue weighted by molar-refractivity contribution is 0.0240. The first kappa shape index (κ1) is 18.5. The molecule has 0 aliphatic carbocycles. The fourth-order valence-electron chi connectivity index (χ4n) is 2.59. The summed E-state index contributed by atoms with van der Waals surface area (Å²) >= 11 is 0. The van der Waals surface area contributed by atoms with Crippen LogP contribution in [0.15, 0.2) is 18.3 Å². The fraction of sp³-hybridized carbons (Fsp3) is 0.667. The minimum atomic E-state index is -0.490. The van der Waals surface area contributed by atoms with E-state index in [1.807, 2.05) is 46.8 Å². The van der Waals surface area contributed by atoms with Crippen LogP contribution in [-0.2, 0) is 4.74 Å². The molecule has 2 rings (SSSR count). The van der Waals surface area contributed by atoms with Crippen LogP contribution in [0.4, 0.5) is 10.6 Å². The molecule has 134 valence electrons. The number of aromatic nitrogens is 1. The third-order valence-electron chi connectivity index (χ3n) is 4.00. The van der Waals surface area contributed by atoms with Gasteiger partial charge in [-0.1, -0.05) is 19.9 Å². The maximum absolute atomic E-state index is 12.1. The van der Waals surface area contributed by atoms with E-state index in [1.165, 1.54) is 0 Å². The quantitative estimate of drug-likeness (QED) is 0.920. The number of ether oxygens (including phenoxy) is 1. The summed E-state index contributed by atoms with van der Waals surface area (Å²) in [4.78, 5) is 20.4. The van der Waals surface area contributed by atoms with Crippen LogP contribution in [0.1, 0.15) is 46.3 Å². The normalized spacial score (nSPS) is 17.1. The number of hydrogen-bond acceptors (Lipinski definition) is 5. The fourth-order valence-corrected chi connectivity index (χ4v) is 2.59. The summed E-state index contributed by atoms with van der Waals surface area (Å²) in [6, 6.07) is 3.86. The summed E-state index contributed by atoms with van der Waals surface area (Å²) in [5, 5.41) is 10.1. The van der Waals surface area contributed by atoms with E-state index in [2.05, 4.69) is 9.88 Å². The number of pyridine rings is 1. The van der Waals surface area contributed by atoms with Gasteiger partial charge in [0.15, 0.2) is 0 Å². The average molecular weight is 335 g/mol. The molecular formula is C18H29N3O3. The predicted octanol–water partition coefficient (Wildman–Crippen LogP) is 2.83. The summed E-state index contributed by atoms with van der Waals surface area (Å²) in [6.07, 6.45) is 0.987. The average Bonchev–Trinajstić information content (AvgIpc) is 2.53. The van der Waals surface area contributed by atoms with Crippen molar-refractivity contribution in [3.63, 3.8) is 0 Å². The Morgan fingerprint density at radius 1 is 1.21 bits per heavy atom. The van der Waals surface area contributed by atoms with Crippen molar-refractivity contribution in [3.8, 4) is 0 Å². The first-order valence-corrected chi connectivity index (χ1v) is 8.54. The van der Waals surface area contributed by atoms with Crippen LogP contribution in [0, 0.1) is 5.92 Å². The van der Waals surface area contributed by atoms with E-state index in [-0.39, 0.29) is 12.0 Å². The number of rotatable bonds is 3. The zero-order chi connectivity index (χ0) is 17.9. The van der Waals surface area contributed by atoms with Crippen LogP contribution in [0.3, 0.4) is 0 Å². The second-order valence-electron chi connectivity index (χ2n) is 7.59. The van der Waals surface area contributed by atoms with E-state index in [4.69, 9.17) is 4.74 Å². The Bertz CT molecular complexity index is 544. The van der Waals surface area contributed by atoms with Crippen LogP contribution >= 0.6 is 0 Å². The monoisotopic (exact) mass is 335 g/mol. The second-order valence-corrected chi connectivity index (χ2v) is 7.59. The Morgan fingerprint density at radius 3 is 2.29 bits per heavy atom. The van der Waals surface area contributed by atoms with Gasteiger partial charge in [-0.3, -0.25) is 0 Å². The predicted molar refractivity (Wildman–Crippen MR) is 94.1 cm³/mol. The molecule has 1 saturated heterocycles. The van der Waals surface area contributed by atoms with Gasteiger partial charge in [0.2, 0.25) is 0 Å². The van der Waals surface area contributed by atoms with Crippen molar-refractivity contribution in [1.82, 2.24) is 9.88 Å². The zero-order valence-electron chi connectivity index (χ0n) is 15.3. The molecule has 0 saturated carbocycles. The number of nitrogens with zero attached hydrogens (tertiary/aromatic N) is 3. The number of aliphatic hydroxyl groups excluding tert-OH is 1. The van der Waals surface area contributed by atoms with E-state index in [0.717, 1.165) is 24.5 Å². The molecule has 1 aliphatic heterocycles. The van der Waals surface area contributed by atoms with Crippen LogP contribution < -0.4 is 4.90 Å². The van der Waals surface area contributed by atoms with Gasteiger partial charge in [-0.05, 0) is 38.3 Å². The van der Waals surface area contributed by atoms with Gasteiger partial charge in [0, 0.05) is 32.4 Å². The molecule has 0 aromatic carbocycles. The molecule has 0 bridgehead atoms. The van der Waals surface area contributed by atoms with Crippen LogP contribution in [0.25, 0.3) is 0 Å². The van der Waals surface area contributed by atoms with E-state index in [9.17, 15) is 9.90 Å². The second kappa shape index (κ2) is 7.38. The topological polar surface area (TPSA) is 65.9 Å². The molecule has 1 fully saturated rings. The summed E-state index contributed by atoms with van der Waals surface area (Å²) in [5.74, 6) is 1.04. The maximum atomic E-state index is 12.1. The van der Waals surface area contributed by atoms with E-state index >= 15 is 0 Å². The van der Waals surface area contributed by atoms with Gasteiger partial charge in [0.05, 0.1) is 6.10 Å². The lowest BCUT2D eigenvalue weighted by atomic mass is 10.0. The van der Waals surface area contributed by atoms with Crippen molar-refractivity contribution in [3.05, 3.63) is 23.9 Å². The van der Waals surface area contributed by atoms with Gasteiger partial charge >= 0.3 is 6.09 Å². The molecular weight excluding hydrogens is 306 g/mol. The molecule has 1 unspecified atom stereocenters. The van der Waals surface area contributed by atoms with Crippen molar-refractivity contribution in [2.75, 3.05) is 31.1 Å². The number of carbonyl (C=O) groups excluding carboxylic acids is 1. The van der Waals surface area contributed by atoms with Crippen molar-refractivity contribution < 1.29 is 14.6 Å². The highest BCUT2D eigenvalue weighted by Gasteiger charge is 2.26. The first-order valence-electron chi connectivity index (χ1n) is 8.54. The number of amides is 1. The number of hydrogen-bond donors (Lipinski definition) is 1. The van der Waals surface area contributed by atoms with Crippen molar-refractivity contribution in [2.24, 2.45) is 5.92 Å². The van der Waals surface area contributed by atoms with Crippen LogP contribution in [-0.4, -0.2) is 52.9 Å². The molecule has 6 heteroatoms. The third-order valence-corrected chi connectivity index (χ3v) is 4.00. The number of carbonyl (C=O) groups is 1. The lowest BCUT2D eigenvalue weighted by Crippen LogP contribution is -2.50. The standard InChI is InChI=1S/C18H29N3O3/c1-13(2)16(22)14-6-7-15(19-12-14)20-8-10-21(11-9-20)17(23)24-18(3,4)5/h6-7,12-13,16,22H,8-11H2,1-5H3. The van der Waals surface area contributed by atoms with Crippen LogP contribution in [0.2, 0.25) is 0 Å². The van der Waals surface area contributed by atoms with Gasteiger partial charge in [0.25, 0.3) is 0 Å². The largest absolute Gasteiger partial charge is 0.444 e. The Kier molecular flexibility index (Phi) is 5.70. The highest BCUT2D eigenvalue weighted by molar-refractivity contribution is 5.68. The molecule has 1 N–H and O–H groups in total. The molecule has 1 atom stereocenters. The smallest absolute Gasteiger partial charge is 0.410 e. The number of aliphatic hydroxyl groups is 1. The van der Waals surface area contributed by atoms with E-state index in [1.54, 1.807) is 11.1 Å². The summed E-state index contributed by atoms with van der Waals surface area (Å²) in [6.45, 7) is 12.3. The molecule has 1 amide bonds. The minimum absolute atomic E-state index is 0.162. The molecule has 0 radical (unpaired) electrons. The Morgan fingerprint density at radius 2 is 1.83 bits per heavy atom. The van der Waals surface area contributed by atoms with Gasteiger partial charge < -0.3 is 19.6 Å². The highest BCUT2D eigenvalue weighted by Crippen LogP contribution is 2.23. The van der Waals surface area contributed by atoms with Crippen molar-refractivity contribution in [1.29, 1.82) is 0 Å². The molecule has 6 nitrogen and oxygen atoms in total. The number of piperazine rings is 1. The van der Waals surface area contributed by atoms with Gasteiger partial charge in [-0.25, -0.2) is 9.78 Å². The van der Waals surface area contributed by atoms with E-state index in [0.29, 0.717) is 13.1 Å². The number of anilines is 1. The van der Waals surface area contributed by atoms with Gasteiger partial charge in [-0.15, -0.1) is 0 Å². The lowest BCUT2D eigenvalue weighted by Gasteiger charge is -2.36. The van der Waals surface area contributed by atoms with Crippen molar-refractivity contribution >= 4 is 11.9 Å². The van der Waals surface area contributed by atoms with Crippen LogP contribution in [0.5, 0.6) is 0 Å². The third kappa shape index (κ3) is 4.84. The van der Waals surface area contributed by atoms with Gasteiger partial charge in [-0.2, -0.15) is 0 Å². The highest BCUT2D eigenvalue weighted by atomic mass is 16.6. The Hall–Kier alpha value is -1.82. The first-order chi connectivity index (χ1) is 11.2. The van der Waals surface area contributed by atoms with Gasteiger partial charge in [0.1, 0.15) is 11.4 Å². The Balaban J connectivity index is 1.91. The molecule has 2 heterocycles. The summed E-state index contributed by atoms with van der Waals surface area (Å²) in [5.41, 5.74) is 0.365. The summed E-state index contributed by atoms with van der Waals surface area (Å²) in [7, 11) is 0. The van der Waals surface area contributed by atoms with E-state index < -0.39 is 11.7 Å². The summed E-state index contributed by atoms with van der Waals surface area (Å²) < 4.78 is 5.41. The Labute approximate surface area is 144 Å². The molecule has 0 spiro atoms. The molecule has 1 aliphatic rings. The molecule has 1 aromatic rings. The molecule has 1 aromatic heterocycles. The SMILES string of the molecule is CC(C)C(O)c1ccc(N2CCN(C(=O)OC(C)(C)C)CC2)nc1. The van der Waals surface area contributed by atoms with Crippen molar-refractivity contribution in [2.45, 2.75) is 46.3 Å².